The second-order valence-electron chi connectivity index (χ2n) is 5.43. The normalized spacial score (nSPS) is 21.7. The third-order valence-electron chi connectivity index (χ3n) is 3.61. The van der Waals surface area contributed by atoms with E-state index in [1.807, 2.05) is 6.20 Å². The number of ether oxygens (including phenoxy) is 1. The molecule has 1 aromatic heterocycles. The minimum atomic E-state index is 0.400. The summed E-state index contributed by atoms with van der Waals surface area (Å²) in [5.41, 5.74) is 0. The fraction of sp³-hybridized carbons (Fsp3) is 0.786. The number of rotatable bonds is 6. The summed E-state index contributed by atoms with van der Waals surface area (Å²) in [5, 5.41) is 3.56. The fourth-order valence-corrected chi connectivity index (χ4v) is 2.55. The summed E-state index contributed by atoms with van der Waals surface area (Å²) in [7, 11) is 0. The Morgan fingerprint density at radius 3 is 3.00 bits per heavy atom. The predicted octanol–water partition coefficient (Wildman–Crippen LogP) is 2.16. The van der Waals surface area contributed by atoms with Crippen molar-refractivity contribution < 1.29 is 4.74 Å². The molecule has 1 aliphatic rings. The zero-order valence-electron chi connectivity index (χ0n) is 11.7. The number of nitrogens with zero attached hydrogens (tertiary/aromatic N) is 2. The number of aromatic nitrogens is 2. The van der Waals surface area contributed by atoms with Gasteiger partial charge >= 0.3 is 0 Å². The van der Waals surface area contributed by atoms with Crippen molar-refractivity contribution in [2.24, 2.45) is 0 Å². The summed E-state index contributed by atoms with van der Waals surface area (Å²) < 4.78 is 7.92. The topological polar surface area (TPSA) is 39.1 Å². The van der Waals surface area contributed by atoms with Crippen LogP contribution < -0.4 is 5.32 Å². The molecule has 1 aromatic rings. The van der Waals surface area contributed by atoms with Crippen LogP contribution in [0.1, 0.15) is 45.4 Å². The zero-order valence-corrected chi connectivity index (χ0v) is 11.7. The number of nitrogens with one attached hydrogen (secondary N) is 1. The first-order valence-electron chi connectivity index (χ1n) is 7.04. The standard InChI is InChI=1S/C14H25N3O/c1-11(2)14-16-7-9-17(14)8-6-15-12(3)13-5-4-10-18-13/h7,9,11-13,15H,4-6,8,10H2,1-3H3. The van der Waals surface area contributed by atoms with Crippen LogP contribution in [0.4, 0.5) is 0 Å². The van der Waals surface area contributed by atoms with E-state index in [0.717, 1.165) is 19.7 Å². The third kappa shape index (κ3) is 3.33. The van der Waals surface area contributed by atoms with Crippen LogP contribution in [0.5, 0.6) is 0 Å². The van der Waals surface area contributed by atoms with E-state index in [-0.39, 0.29) is 0 Å². The molecule has 2 rings (SSSR count). The van der Waals surface area contributed by atoms with Gasteiger partial charge in [-0.05, 0) is 19.8 Å². The highest BCUT2D eigenvalue weighted by Crippen LogP contribution is 2.15. The monoisotopic (exact) mass is 251 g/mol. The molecule has 18 heavy (non-hydrogen) atoms. The molecule has 102 valence electrons. The molecule has 0 radical (unpaired) electrons. The molecule has 0 saturated carbocycles. The van der Waals surface area contributed by atoms with E-state index in [1.165, 1.54) is 18.7 Å². The first-order valence-corrected chi connectivity index (χ1v) is 7.04. The van der Waals surface area contributed by atoms with Crippen LogP contribution in [0.15, 0.2) is 12.4 Å². The van der Waals surface area contributed by atoms with Crippen LogP contribution in [-0.2, 0) is 11.3 Å². The van der Waals surface area contributed by atoms with Crippen LogP contribution in [-0.4, -0.2) is 34.8 Å². The van der Waals surface area contributed by atoms with E-state index in [4.69, 9.17) is 4.74 Å². The van der Waals surface area contributed by atoms with Crippen molar-refractivity contribution in [3.8, 4) is 0 Å². The Kier molecular flexibility index (Phi) is 4.78. The summed E-state index contributed by atoms with van der Waals surface area (Å²) in [6, 6.07) is 0.443. The number of hydrogen-bond donors (Lipinski definition) is 1. The van der Waals surface area contributed by atoms with Gasteiger partial charge in [-0.25, -0.2) is 4.98 Å². The average Bonchev–Trinajstić information content (AvgIpc) is 2.99. The maximum Gasteiger partial charge on any atom is 0.111 e. The second kappa shape index (κ2) is 6.34. The van der Waals surface area contributed by atoms with Crippen molar-refractivity contribution in [1.29, 1.82) is 0 Å². The lowest BCUT2D eigenvalue weighted by Gasteiger charge is -2.20. The first kappa shape index (κ1) is 13.6. The Morgan fingerprint density at radius 2 is 2.33 bits per heavy atom. The quantitative estimate of drug-likeness (QED) is 0.842. The lowest BCUT2D eigenvalue weighted by Crippen LogP contribution is -2.38. The number of imidazole rings is 1. The summed E-state index contributed by atoms with van der Waals surface area (Å²) in [4.78, 5) is 4.40. The van der Waals surface area contributed by atoms with Gasteiger partial charge in [0.1, 0.15) is 5.82 Å². The Morgan fingerprint density at radius 1 is 1.50 bits per heavy atom. The molecule has 0 aromatic carbocycles. The second-order valence-corrected chi connectivity index (χ2v) is 5.43. The van der Waals surface area contributed by atoms with Crippen LogP contribution in [0.2, 0.25) is 0 Å². The van der Waals surface area contributed by atoms with E-state index >= 15 is 0 Å². The molecule has 1 saturated heterocycles. The molecule has 2 unspecified atom stereocenters. The molecule has 0 aliphatic carbocycles. The van der Waals surface area contributed by atoms with E-state index in [0.29, 0.717) is 18.1 Å². The van der Waals surface area contributed by atoms with Crippen molar-refractivity contribution >= 4 is 0 Å². The molecule has 4 nitrogen and oxygen atoms in total. The fourth-order valence-electron chi connectivity index (χ4n) is 2.55. The van der Waals surface area contributed by atoms with Gasteiger partial charge in [-0.15, -0.1) is 0 Å². The van der Waals surface area contributed by atoms with Crippen LogP contribution in [0, 0.1) is 0 Å². The summed E-state index contributed by atoms with van der Waals surface area (Å²) >= 11 is 0. The molecule has 4 heteroatoms. The molecule has 1 fully saturated rings. The SMILES string of the molecule is CC(C)c1nccn1CCNC(C)C1CCCO1. The highest BCUT2D eigenvalue weighted by molar-refractivity contribution is 4.97. The summed E-state index contributed by atoms with van der Waals surface area (Å²) in [6.07, 6.45) is 6.75. The molecule has 0 spiro atoms. The van der Waals surface area contributed by atoms with Crippen molar-refractivity contribution in [1.82, 2.24) is 14.9 Å². The highest BCUT2D eigenvalue weighted by atomic mass is 16.5. The van der Waals surface area contributed by atoms with Gasteiger partial charge in [-0.1, -0.05) is 13.8 Å². The van der Waals surface area contributed by atoms with Crippen molar-refractivity contribution in [3.05, 3.63) is 18.2 Å². The van der Waals surface area contributed by atoms with Gasteiger partial charge in [0.2, 0.25) is 0 Å². The number of hydrogen-bond acceptors (Lipinski definition) is 3. The summed E-state index contributed by atoms with van der Waals surface area (Å²) in [5.74, 6) is 1.65. The van der Waals surface area contributed by atoms with E-state index in [1.54, 1.807) is 0 Å². The Bertz CT molecular complexity index is 356. The maximum atomic E-state index is 5.68. The van der Waals surface area contributed by atoms with E-state index in [2.05, 4.69) is 41.8 Å². The maximum absolute atomic E-state index is 5.68. The lowest BCUT2D eigenvalue weighted by molar-refractivity contribution is 0.0835. The Labute approximate surface area is 110 Å². The average molecular weight is 251 g/mol. The minimum Gasteiger partial charge on any atom is -0.377 e. The minimum absolute atomic E-state index is 0.400. The van der Waals surface area contributed by atoms with Crippen LogP contribution >= 0.6 is 0 Å². The zero-order chi connectivity index (χ0) is 13.0. The van der Waals surface area contributed by atoms with Crippen LogP contribution in [0.25, 0.3) is 0 Å². The van der Waals surface area contributed by atoms with Gasteiger partial charge in [0.25, 0.3) is 0 Å². The molecule has 1 N–H and O–H groups in total. The molecular weight excluding hydrogens is 226 g/mol. The van der Waals surface area contributed by atoms with Gasteiger partial charge in [-0.2, -0.15) is 0 Å². The summed E-state index contributed by atoms with van der Waals surface area (Å²) in [6.45, 7) is 9.45. The molecular formula is C14H25N3O. The Balaban J connectivity index is 1.75. The molecule has 0 amide bonds. The molecule has 2 atom stereocenters. The first-order chi connectivity index (χ1) is 8.68. The lowest BCUT2D eigenvalue weighted by atomic mass is 10.1. The van der Waals surface area contributed by atoms with Gasteiger partial charge in [0.05, 0.1) is 6.10 Å². The van der Waals surface area contributed by atoms with Gasteiger partial charge in [0, 0.05) is 44.0 Å². The van der Waals surface area contributed by atoms with Crippen molar-refractivity contribution in [2.75, 3.05) is 13.2 Å². The predicted molar refractivity (Wildman–Crippen MR) is 72.8 cm³/mol. The van der Waals surface area contributed by atoms with E-state index in [9.17, 15) is 0 Å². The van der Waals surface area contributed by atoms with Crippen molar-refractivity contribution in [3.63, 3.8) is 0 Å². The third-order valence-corrected chi connectivity index (χ3v) is 3.61. The highest BCUT2D eigenvalue weighted by Gasteiger charge is 2.21. The molecule has 0 bridgehead atoms. The molecule has 2 heterocycles. The molecule has 1 aliphatic heterocycles. The van der Waals surface area contributed by atoms with Crippen LogP contribution in [0.3, 0.4) is 0 Å². The largest absolute Gasteiger partial charge is 0.377 e. The van der Waals surface area contributed by atoms with Gasteiger partial charge in [-0.3, -0.25) is 0 Å². The van der Waals surface area contributed by atoms with Crippen molar-refractivity contribution in [2.45, 2.75) is 58.2 Å². The Hall–Kier alpha value is -0.870. The van der Waals surface area contributed by atoms with Gasteiger partial charge in [0.15, 0.2) is 0 Å². The smallest absolute Gasteiger partial charge is 0.111 e. The van der Waals surface area contributed by atoms with E-state index < -0.39 is 0 Å². The van der Waals surface area contributed by atoms with Gasteiger partial charge < -0.3 is 14.6 Å².